The number of nitrogens with one attached hydrogen (secondary N) is 2. The third kappa shape index (κ3) is 5.67. The Morgan fingerprint density at radius 3 is 2.26 bits per heavy atom. The summed E-state index contributed by atoms with van der Waals surface area (Å²) in [5, 5.41) is 4.82. The average molecular weight is 366 g/mol. The molecule has 27 heavy (non-hydrogen) atoms. The van der Waals surface area contributed by atoms with Gasteiger partial charge in [0.1, 0.15) is 0 Å². The van der Waals surface area contributed by atoms with Gasteiger partial charge in [0.25, 0.3) is 5.91 Å². The molecule has 2 N–H and O–H groups in total. The van der Waals surface area contributed by atoms with Crippen molar-refractivity contribution in [3.63, 3.8) is 0 Å². The van der Waals surface area contributed by atoms with E-state index in [-0.39, 0.29) is 12.5 Å². The van der Waals surface area contributed by atoms with Gasteiger partial charge < -0.3 is 10.1 Å². The van der Waals surface area contributed by atoms with Crippen LogP contribution in [0.3, 0.4) is 0 Å². The van der Waals surface area contributed by atoms with Crippen LogP contribution in [0.4, 0.5) is 4.79 Å². The van der Waals surface area contributed by atoms with Crippen molar-refractivity contribution in [2.45, 2.75) is 38.3 Å². The van der Waals surface area contributed by atoms with Crippen molar-refractivity contribution in [2.24, 2.45) is 0 Å². The fourth-order valence-electron chi connectivity index (χ4n) is 2.57. The Morgan fingerprint density at radius 1 is 1.00 bits per heavy atom. The van der Waals surface area contributed by atoms with Gasteiger partial charge in [0, 0.05) is 6.04 Å². The topological polar surface area (TPSA) is 84.5 Å². The van der Waals surface area contributed by atoms with Crippen molar-refractivity contribution in [1.29, 1.82) is 0 Å². The SMILES string of the molecule is CC(OC(=O)Cc1ccc(-c2ccccc2)cc1)C(=O)NC(=O)NC1CC1. The van der Waals surface area contributed by atoms with E-state index in [9.17, 15) is 14.4 Å². The number of urea groups is 1. The number of rotatable bonds is 6. The number of carbonyl (C=O) groups excluding carboxylic acids is 3. The lowest BCUT2D eigenvalue weighted by atomic mass is 10.0. The average Bonchev–Trinajstić information content (AvgIpc) is 3.46. The molecular formula is C21H22N2O4. The molecule has 1 aliphatic rings. The van der Waals surface area contributed by atoms with Crippen LogP contribution in [-0.4, -0.2) is 30.1 Å². The van der Waals surface area contributed by atoms with E-state index in [1.807, 2.05) is 54.6 Å². The molecule has 1 atom stereocenters. The maximum absolute atomic E-state index is 12.1. The third-order valence-electron chi connectivity index (χ3n) is 4.24. The second-order valence-corrected chi connectivity index (χ2v) is 6.61. The van der Waals surface area contributed by atoms with Gasteiger partial charge >= 0.3 is 12.0 Å². The lowest BCUT2D eigenvalue weighted by Gasteiger charge is -2.13. The van der Waals surface area contributed by atoms with Crippen LogP contribution in [0.1, 0.15) is 25.3 Å². The van der Waals surface area contributed by atoms with Gasteiger partial charge in [0.2, 0.25) is 0 Å². The molecule has 1 saturated carbocycles. The molecule has 6 heteroatoms. The molecule has 1 unspecified atom stereocenters. The normalized spacial score (nSPS) is 14.1. The monoisotopic (exact) mass is 366 g/mol. The van der Waals surface area contributed by atoms with E-state index >= 15 is 0 Å². The Morgan fingerprint density at radius 2 is 1.63 bits per heavy atom. The zero-order chi connectivity index (χ0) is 19.2. The van der Waals surface area contributed by atoms with Gasteiger partial charge in [-0.2, -0.15) is 0 Å². The first kappa shape index (κ1) is 18.6. The van der Waals surface area contributed by atoms with Crippen molar-refractivity contribution in [3.8, 4) is 11.1 Å². The molecule has 0 radical (unpaired) electrons. The number of esters is 1. The molecule has 1 aliphatic carbocycles. The Balaban J connectivity index is 1.48. The van der Waals surface area contributed by atoms with E-state index in [1.165, 1.54) is 6.92 Å². The van der Waals surface area contributed by atoms with Crippen LogP contribution in [0.2, 0.25) is 0 Å². The minimum atomic E-state index is -1.04. The second-order valence-electron chi connectivity index (χ2n) is 6.61. The minimum absolute atomic E-state index is 0.0565. The van der Waals surface area contributed by atoms with Crippen LogP contribution in [-0.2, 0) is 20.7 Å². The van der Waals surface area contributed by atoms with Crippen molar-refractivity contribution in [2.75, 3.05) is 0 Å². The first-order valence-electron chi connectivity index (χ1n) is 8.96. The Hall–Kier alpha value is -3.15. The van der Waals surface area contributed by atoms with Crippen molar-refractivity contribution >= 4 is 17.9 Å². The van der Waals surface area contributed by atoms with Gasteiger partial charge in [0.05, 0.1) is 6.42 Å². The summed E-state index contributed by atoms with van der Waals surface area (Å²) >= 11 is 0. The van der Waals surface area contributed by atoms with Gasteiger partial charge in [-0.05, 0) is 36.5 Å². The van der Waals surface area contributed by atoms with Gasteiger partial charge in [0.15, 0.2) is 6.10 Å². The maximum atomic E-state index is 12.1. The number of hydrogen-bond acceptors (Lipinski definition) is 4. The first-order valence-corrected chi connectivity index (χ1v) is 8.96. The Bertz CT molecular complexity index is 814. The van der Waals surface area contributed by atoms with E-state index in [4.69, 9.17) is 4.74 Å². The molecule has 140 valence electrons. The van der Waals surface area contributed by atoms with Crippen molar-refractivity contribution in [1.82, 2.24) is 10.6 Å². The largest absolute Gasteiger partial charge is 0.452 e. The highest BCUT2D eigenvalue weighted by Crippen LogP contribution is 2.20. The number of amides is 3. The first-order chi connectivity index (χ1) is 13.0. The third-order valence-corrected chi connectivity index (χ3v) is 4.24. The summed E-state index contributed by atoms with van der Waals surface area (Å²) < 4.78 is 5.12. The van der Waals surface area contributed by atoms with E-state index < -0.39 is 24.0 Å². The number of carbonyl (C=O) groups is 3. The van der Waals surface area contributed by atoms with E-state index in [0.29, 0.717) is 0 Å². The van der Waals surface area contributed by atoms with Crippen LogP contribution in [0, 0.1) is 0 Å². The number of imide groups is 1. The smallest absolute Gasteiger partial charge is 0.321 e. The molecule has 2 aromatic rings. The van der Waals surface area contributed by atoms with Crippen LogP contribution in [0.25, 0.3) is 11.1 Å². The van der Waals surface area contributed by atoms with Crippen LogP contribution < -0.4 is 10.6 Å². The summed E-state index contributed by atoms with van der Waals surface area (Å²) in [6.07, 6.45) is 0.872. The fraction of sp³-hybridized carbons (Fsp3) is 0.286. The Kier molecular flexibility index (Phi) is 5.86. The van der Waals surface area contributed by atoms with Crippen molar-refractivity contribution in [3.05, 3.63) is 60.2 Å². The summed E-state index contributed by atoms with van der Waals surface area (Å²) in [6, 6.07) is 17.1. The second kappa shape index (κ2) is 8.49. The summed E-state index contributed by atoms with van der Waals surface area (Å²) in [6.45, 7) is 1.44. The van der Waals surface area contributed by atoms with Gasteiger partial charge in [-0.3, -0.25) is 14.9 Å². The molecular weight excluding hydrogens is 344 g/mol. The highest BCUT2D eigenvalue weighted by atomic mass is 16.5. The molecule has 0 bridgehead atoms. The molecule has 3 amide bonds. The van der Waals surface area contributed by atoms with E-state index in [2.05, 4.69) is 10.6 Å². The van der Waals surface area contributed by atoms with Crippen molar-refractivity contribution < 1.29 is 19.1 Å². The maximum Gasteiger partial charge on any atom is 0.321 e. The molecule has 0 heterocycles. The minimum Gasteiger partial charge on any atom is -0.452 e. The standard InChI is InChI=1S/C21H22N2O4/c1-14(20(25)23-21(26)22-18-11-12-18)27-19(24)13-15-7-9-17(10-8-15)16-5-3-2-4-6-16/h2-10,14,18H,11-13H2,1H3,(H2,22,23,25,26). The van der Waals surface area contributed by atoms with E-state index in [0.717, 1.165) is 29.5 Å². The quantitative estimate of drug-likeness (QED) is 0.770. The lowest BCUT2D eigenvalue weighted by molar-refractivity contribution is -0.153. The molecule has 0 spiro atoms. The molecule has 0 aromatic heterocycles. The molecule has 2 aromatic carbocycles. The van der Waals surface area contributed by atoms with Gasteiger partial charge in [-0.1, -0.05) is 54.6 Å². The number of benzene rings is 2. The highest BCUT2D eigenvalue weighted by molar-refractivity contribution is 5.97. The highest BCUT2D eigenvalue weighted by Gasteiger charge is 2.25. The zero-order valence-electron chi connectivity index (χ0n) is 15.1. The summed E-state index contributed by atoms with van der Waals surface area (Å²) in [5.74, 6) is -1.16. The van der Waals surface area contributed by atoms with Gasteiger partial charge in [-0.25, -0.2) is 4.79 Å². The van der Waals surface area contributed by atoms with Crippen LogP contribution in [0.15, 0.2) is 54.6 Å². The molecule has 6 nitrogen and oxygen atoms in total. The van der Waals surface area contributed by atoms with Crippen LogP contribution in [0.5, 0.6) is 0 Å². The summed E-state index contributed by atoms with van der Waals surface area (Å²) in [7, 11) is 0. The molecule has 3 rings (SSSR count). The predicted octanol–water partition coefficient (Wildman–Crippen LogP) is 2.82. The summed E-state index contributed by atoms with van der Waals surface area (Å²) in [5.41, 5.74) is 2.95. The Labute approximate surface area is 157 Å². The van der Waals surface area contributed by atoms with Crippen LogP contribution >= 0.6 is 0 Å². The molecule has 0 aliphatic heterocycles. The molecule has 0 saturated heterocycles. The van der Waals surface area contributed by atoms with E-state index in [1.54, 1.807) is 0 Å². The number of ether oxygens (including phenoxy) is 1. The lowest BCUT2D eigenvalue weighted by Crippen LogP contribution is -2.45. The molecule has 1 fully saturated rings. The van der Waals surface area contributed by atoms with Gasteiger partial charge in [-0.15, -0.1) is 0 Å². The predicted molar refractivity (Wildman–Crippen MR) is 101 cm³/mol. The zero-order valence-corrected chi connectivity index (χ0v) is 15.1. The number of hydrogen-bond donors (Lipinski definition) is 2. The fourth-order valence-corrected chi connectivity index (χ4v) is 2.57. The summed E-state index contributed by atoms with van der Waals surface area (Å²) in [4.78, 5) is 35.5.